The molecule has 1 heterocycles. The van der Waals surface area contributed by atoms with Crippen molar-refractivity contribution < 1.29 is 13.9 Å². The van der Waals surface area contributed by atoms with E-state index in [9.17, 15) is 9.18 Å². The number of piperidine rings is 1. The lowest BCUT2D eigenvalue weighted by atomic mass is 9.96. The smallest absolute Gasteiger partial charge is 0.223 e. The molecule has 0 aliphatic carbocycles. The van der Waals surface area contributed by atoms with Gasteiger partial charge in [0.25, 0.3) is 0 Å². The molecule has 4 nitrogen and oxygen atoms in total. The lowest BCUT2D eigenvalue weighted by Crippen LogP contribution is -2.39. The van der Waals surface area contributed by atoms with Crippen LogP contribution >= 0.6 is 0 Å². The molecule has 1 aliphatic rings. The summed E-state index contributed by atoms with van der Waals surface area (Å²) in [5.74, 6) is 0.394. The van der Waals surface area contributed by atoms with Gasteiger partial charge in [-0.25, -0.2) is 4.39 Å². The molecule has 2 aromatic rings. The third-order valence-electron chi connectivity index (χ3n) is 4.50. The minimum absolute atomic E-state index is 0.0363. The number of halogens is 1. The highest BCUT2D eigenvalue weighted by Gasteiger charge is 2.22. The van der Waals surface area contributed by atoms with Crippen LogP contribution in [0, 0.1) is 11.7 Å². The highest BCUT2D eigenvalue weighted by atomic mass is 19.1. The van der Waals surface area contributed by atoms with Crippen LogP contribution in [0.3, 0.4) is 0 Å². The van der Waals surface area contributed by atoms with E-state index in [1.807, 2.05) is 25.1 Å². The Morgan fingerprint density at radius 2 is 1.92 bits per heavy atom. The second-order valence-electron chi connectivity index (χ2n) is 6.36. The van der Waals surface area contributed by atoms with E-state index >= 15 is 0 Å². The average Bonchev–Trinajstić information content (AvgIpc) is 2.65. The van der Waals surface area contributed by atoms with Crippen LogP contribution in [0.4, 0.5) is 4.39 Å². The van der Waals surface area contributed by atoms with Gasteiger partial charge in [0.15, 0.2) is 11.6 Å². The largest absolute Gasteiger partial charge is 0.454 e. The van der Waals surface area contributed by atoms with Crippen molar-refractivity contribution in [2.24, 2.45) is 5.92 Å². The van der Waals surface area contributed by atoms with Gasteiger partial charge in [-0.05, 0) is 62.7 Å². The summed E-state index contributed by atoms with van der Waals surface area (Å²) >= 11 is 0. The van der Waals surface area contributed by atoms with Gasteiger partial charge in [0.1, 0.15) is 5.75 Å². The summed E-state index contributed by atoms with van der Waals surface area (Å²) < 4.78 is 19.9. The van der Waals surface area contributed by atoms with Crippen LogP contribution in [0.15, 0.2) is 48.5 Å². The summed E-state index contributed by atoms with van der Waals surface area (Å²) in [6.07, 6.45) is 1.69. The summed E-state index contributed by atoms with van der Waals surface area (Å²) in [5, 5.41) is 6.23. The lowest BCUT2D eigenvalue weighted by Gasteiger charge is -2.24. The van der Waals surface area contributed by atoms with Crippen molar-refractivity contribution in [3.63, 3.8) is 0 Å². The molecule has 1 unspecified atom stereocenters. The fraction of sp³-hybridized carbons (Fsp3) is 0.350. The maximum absolute atomic E-state index is 14.3. The number of ether oxygens (including phenoxy) is 1. The maximum Gasteiger partial charge on any atom is 0.223 e. The van der Waals surface area contributed by atoms with E-state index in [1.165, 1.54) is 6.07 Å². The molecule has 0 radical (unpaired) electrons. The number of hydrogen-bond acceptors (Lipinski definition) is 3. The summed E-state index contributed by atoms with van der Waals surface area (Å²) in [6.45, 7) is 3.60. The molecule has 0 saturated carbocycles. The van der Waals surface area contributed by atoms with E-state index in [1.54, 1.807) is 24.3 Å². The first kappa shape index (κ1) is 17.4. The number of carbonyl (C=O) groups is 1. The van der Waals surface area contributed by atoms with Gasteiger partial charge >= 0.3 is 0 Å². The lowest BCUT2D eigenvalue weighted by molar-refractivity contribution is -0.126. The first-order chi connectivity index (χ1) is 12.1. The van der Waals surface area contributed by atoms with E-state index in [0.29, 0.717) is 5.75 Å². The van der Waals surface area contributed by atoms with Crippen LogP contribution in [0.2, 0.25) is 0 Å². The Kier molecular flexibility index (Phi) is 5.66. The molecule has 0 bridgehead atoms. The first-order valence-corrected chi connectivity index (χ1v) is 8.67. The maximum atomic E-state index is 14.3. The van der Waals surface area contributed by atoms with Gasteiger partial charge in [-0.3, -0.25) is 4.79 Å². The molecule has 2 aromatic carbocycles. The van der Waals surface area contributed by atoms with Crippen molar-refractivity contribution in [1.29, 1.82) is 0 Å². The normalized spacial score (nSPS) is 16.2. The van der Waals surface area contributed by atoms with Crippen LogP contribution in [0.1, 0.15) is 31.4 Å². The van der Waals surface area contributed by atoms with Gasteiger partial charge in [-0.15, -0.1) is 0 Å². The first-order valence-electron chi connectivity index (χ1n) is 8.67. The monoisotopic (exact) mass is 342 g/mol. The van der Waals surface area contributed by atoms with E-state index < -0.39 is 5.82 Å². The number of hydrogen-bond donors (Lipinski definition) is 2. The van der Waals surface area contributed by atoms with Crippen molar-refractivity contribution in [2.75, 3.05) is 13.1 Å². The zero-order chi connectivity index (χ0) is 17.6. The number of benzene rings is 2. The Morgan fingerprint density at radius 3 is 2.60 bits per heavy atom. The molecule has 2 N–H and O–H groups in total. The zero-order valence-electron chi connectivity index (χ0n) is 14.3. The third kappa shape index (κ3) is 4.57. The van der Waals surface area contributed by atoms with E-state index in [-0.39, 0.29) is 23.6 Å². The number of para-hydroxylation sites is 1. The third-order valence-corrected chi connectivity index (χ3v) is 4.50. The van der Waals surface area contributed by atoms with Crippen molar-refractivity contribution in [2.45, 2.75) is 25.8 Å². The van der Waals surface area contributed by atoms with Gasteiger partial charge in [0, 0.05) is 5.92 Å². The highest BCUT2D eigenvalue weighted by molar-refractivity contribution is 5.79. The standard InChI is InChI=1S/C20H23FN2O2/c1-14(23-20(24)15-9-11-22-12-10-15)16-7-8-19(18(21)13-16)25-17-5-3-2-4-6-17/h2-8,13-15,22H,9-12H2,1H3,(H,23,24). The number of amides is 1. The van der Waals surface area contributed by atoms with Crippen LogP contribution in [-0.4, -0.2) is 19.0 Å². The fourth-order valence-electron chi connectivity index (χ4n) is 2.98. The van der Waals surface area contributed by atoms with Gasteiger partial charge < -0.3 is 15.4 Å². The number of carbonyl (C=O) groups excluding carboxylic acids is 1. The van der Waals surface area contributed by atoms with Crippen LogP contribution in [0.5, 0.6) is 11.5 Å². The number of nitrogens with one attached hydrogen (secondary N) is 2. The summed E-state index contributed by atoms with van der Waals surface area (Å²) in [4.78, 5) is 12.3. The molecule has 5 heteroatoms. The van der Waals surface area contributed by atoms with Gasteiger partial charge in [-0.2, -0.15) is 0 Å². The minimum atomic E-state index is -0.440. The predicted octanol–water partition coefficient (Wildman–Crippen LogP) is 3.79. The zero-order valence-corrected chi connectivity index (χ0v) is 14.3. The van der Waals surface area contributed by atoms with E-state index in [2.05, 4.69) is 10.6 Å². The Balaban J connectivity index is 1.64. The molecule has 132 valence electrons. The van der Waals surface area contributed by atoms with E-state index in [0.717, 1.165) is 31.5 Å². The van der Waals surface area contributed by atoms with Crippen LogP contribution in [-0.2, 0) is 4.79 Å². The second kappa shape index (κ2) is 8.12. The van der Waals surface area contributed by atoms with Crippen LogP contribution < -0.4 is 15.4 Å². The molecule has 0 aromatic heterocycles. The molecule has 1 fully saturated rings. The topological polar surface area (TPSA) is 50.4 Å². The minimum Gasteiger partial charge on any atom is -0.454 e. The molecule has 25 heavy (non-hydrogen) atoms. The Hall–Kier alpha value is -2.40. The molecular weight excluding hydrogens is 319 g/mol. The average molecular weight is 342 g/mol. The van der Waals surface area contributed by atoms with Crippen molar-refractivity contribution in [3.05, 3.63) is 59.9 Å². The number of rotatable bonds is 5. The predicted molar refractivity (Wildman–Crippen MR) is 95.1 cm³/mol. The second-order valence-corrected chi connectivity index (χ2v) is 6.36. The SMILES string of the molecule is CC(NC(=O)C1CCNCC1)c1ccc(Oc2ccccc2)c(F)c1. The summed E-state index contributed by atoms with van der Waals surface area (Å²) in [7, 11) is 0. The summed E-state index contributed by atoms with van der Waals surface area (Å²) in [6, 6.07) is 13.7. The molecular formula is C20H23FN2O2. The van der Waals surface area contributed by atoms with Gasteiger partial charge in [0.2, 0.25) is 5.91 Å². The van der Waals surface area contributed by atoms with Crippen molar-refractivity contribution in [1.82, 2.24) is 10.6 Å². The van der Waals surface area contributed by atoms with Gasteiger partial charge in [-0.1, -0.05) is 24.3 Å². The molecule has 1 atom stereocenters. The Morgan fingerprint density at radius 1 is 1.20 bits per heavy atom. The van der Waals surface area contributed by atoms with Crippen molar-refractivity contribution >= 4 is 5.91 Å². The van der Waals surface area contributed by atoms with E-state index in [4.69, 9.17) is 4.74 Å². The summed E-state index contributed by atoms with van der Waals surface area (Å²) in [5.41, 5.74) is 0.722. The molecule has 3 rings (SSSR count). The fourth-order valence-corrected chi connectivity index (χ4v) is 2.98. The molecule has 1 aliphatic heterocycles. The molecule has 1 saturated heterocycles. The van der Waals surface area contributed by atoms with Crippen LogP contribution in [0.25, 0.3) is 0 Å². The Bertz CT molecular complexity index is 715. The highest BCUT2D eigenvalue weighted by Crippen LogP contribution is 2.27. The quantitative estimate of drug-likeness (QED) is 0.869. The molecule has 1 amide bonds. The Labute approximate surface area is 147 Å². The molecule has 0 spiro atoms. The van der Waals surface area contributed by atoms with Gasteiger partial charge in [0.05, 0.1) is 6.04 Å². The van der Waals surface area contributed by atoms with Crippen molar-refractivity contribution in [3.8, 4) is 11.5 Å².